The summed E-state index contributed by atoms with van der Waals surface area (Å²) in [6, 6.07) is 3.79. The highest BCUT2D eigenvalue weighted by Crippen LogP contribution is 2.37. The molecule has 1 saturated carbocycles. The standard InChI is InChI=1S/C17H23N5O2/c1-24-15-6-7-18-17(19-15)21-8-3-9-22-13(11-21)10-14(20-22)16(23)12-4-2-5-12/h6-7,10,12,16,23H,2-5,8-9,11H2,1H3/t16-/m0/s1. The van der Waals surface area contributed by atoms with Gasteiger partial charge in [0.2, 0.25) is 11.8 Å². The molecule has 0 bridgehead atoms. The van der Waals surface area contributed by atoms with Gasteiger partial charge in [0, 0.05) is 25.4 Å². The number of ether oxygens (including phenoxy) is 1. The van der Waals surface area contributed by atoms with Gasteiger partial charge in [-0.15, -0.1) is 0 Å². The Kier molecular flexibility index (Phi) is 4.10. The first-order valence-corrected chi connectivity index (χ1v) is 8.61. The Morgan fingerprint density at radius 2 is 2.17 bits per heavy atom. The molecule has 2 aliphatic rings. The van der Waals surface area contributed by atoms with Crippen molar-refractivity contribution >= 4 is 5.95 Å². The van der Waals surface area contributed by atoms with E-state index in [2.05, 4.69) is 20.0 Å². The Bertz CT molecular complexity index is 713. The van der Waals surface area contributed by atoms with Crippen LogP contribution >= 0.6 is 0 Å². The van der Waals surface area contributed by atoms with E-state index in [9.17, 15) is 5.11 Å². The van der Waals surface area contributed by atoms with E-state index in [-0.39, 0.29) is 0 Å². The minimum atomic E-state index is -0.431. The molecule has 1 aliphatic carbocycles. The highest BCUT2D eigenvalue weighted by atomic mass is 16.5. The molecule has 1 N–H and O–H groups in total. The second-order valence-corrected chi connectivity index (χ2v) is 6.59. The zero-order valence-electron chi connectivity index (χ0n) is 13.9. The Labute approximate surface area is 141 Å². The molecule has 128 valence electrons. The van der Waals surface area contributed by atoms with Crippen molar-refractivity contribution in [2.24, 2.45) is 5.92 Å². The van der Waals surface area contributed by atoms with Gasteiger partial charge in [-0.3, -0.25) is 4.68 Å². The van der Waals surface area contributed by atoms with Crippen LogP contribution in [0.25, 0.3) is 0 Å². The number of fused-ring (bicyclic) bond motifs is 1. The van der Waals surface area contributed by atoms with Crippen LogP contribution in [0, 0.1) is 5.92 Å². The minimum absolute atomic E-state index is 0.377. The summed E-state index contributed by atoms with van der Waals surface area (Å²) in [5.41, 5.74) is 1.91. The summed E-state index contributed by atoms with van der Waals surface area (Å²) < 4.78 is 7.22. The number of rotatable bonds is 4. The molecule has 0 amide bonds. The number of aryl methyl sites for hydroxylation is 1. The molecule has 7 nitrogen and oxygen atoms in total. The van der Waals surface area contributed by atoms with Gasteiger partial charge in [-0.1, -0.05) is 6.42 Å². The molecule has 2 aromatic rings. The zero-order valence-corrected chi connectivity index (χ0v) is 13.9. The second-order valence-electron chi connectivity index (χ2n) is 6.59. The van der Waals surface area contributed by atoms with Gasteiger partial charge in [-0.25, -0.2) is 4.98 Å². The average molecular weight is 329 g/mol. The fourth-order valence-electron chi connectivity index (χ4n) is 3.40. The van der Waals surface area contributed by atoms with Gasteiger partial charge in [0.05, 0.1) is 25.0 Å². The molecular formula is C17H23N5O2. The maximum absolute atomic E-state index is 10.5. The molecule has 1 aliphatic heterocycles. The molecule has 1 atom stereocenters. The second kappa shape index (κ2) is 6.39. The van der Waals surface area contributed by atoms with Gasteiger partial charge in [0.15, 0.2) is 0 Å². The molecule has 3 heterocycles. The zero-order chi connectivity index (χ0) is 16.5. The van der Waals surface area contributed by atoms with Gasteiger partial charge in [-0.2, -0.15) is 10.1 Å². The predicted octanol–water partition coefficient (Wildman–Crippen LogP) is 1.93. The summed E-state index contributed by atoms with van der Waals surface area (Å²) in [4.78, 5) is 11.0. The van der Waals surface area contributed by atoms with Gasteiger partial charge >= 0.3 is 0 Å². The molecule has 7 heteroatoms. The first-order chi connectivity index (χ1) is 11.7. The number of nitrogens with zero attached hydrogens (tertiary/aromatic N) is 5. The Balaban J connectivity index is 1.56. The van der Waals surface area contributed by atoms with E-state index < -0.39 is 6.10 Å². The average Bonchev–Trinajstić information content (AvgIpc) is 2.85. The fraction of sp³-hybridized carbons (Fsp3) is 0.588. The third kappa shape index (κ3) is 2.84. The number of hydrogen-bond acceptors (Lipinski definition) is 6. The molecule has 1 fully saturated rings. The highest BCUT2D eigenvalue weighted by molar-refractivity contribution is 5.34. The molecule has 2 aromatic heterocycles. The lowest BCUT2D eigenvalue weighted by atomic mass is 9.80. The summed E-state index contributed by atoms with van der Waals surface area (Å²) in [6.45, 7) is 2.42. The van der Waals surface area contributed by atoms with Crippen LogP contribution in [0.15, 0.2) is 18.3 Å². The maximum atomic E-state index is 10.5. The predicted molar refractivity (Wildman–Crippen MR) is 88.8 cm³/mol. The topological polar surface area (TPSA) is 76.3 Å². The summed E-state index contributed by atoms with van der Waals surface area (Å²) in [5.74, 6) is 1.62. The first-order valence-electron chi connectivity index (χ1n) is 8.61. The van der Waals surface area contributed by atoms with Crippen molar-refractivity contribution in [2.45, 2.75) is 44.9 Å². The van der Waals surface area contributed by atoms with E-state index in [0.29, 0.717) is 24.3 Å². The van der Waals surface area contributed by atoms with E-state index in [1.165, 1.54) is 6.42 Å². The first kappa shape index (κ1) is 15.4. The van der Waals surface area contributed by atoms with Crippen LogP contribution in [0.1, 0.15) is 43.2 Å². The number of aromatic nitrogens is 4. The van der Waals surface area contributed by atoms with Crippen LogP contribution in [0.3, 0.4) is 0 Å². The van der Waals surface area contributed by atoms with E-state index in [0.717, 1.165) is 43.7 Å². The fourth-order valence-corrected chi connectivity index (χ4v) is 3.40. The van der Waals surface area contributed by atoms with Crippen molar-refractivity contribution in [1.82, 2.24) is 19.7 Å². The van der Waals surface area contributed by atoms with Crippen molar-refractivity contribution in [3.8, 4) is 5.88 Å². The summed E-state index contributed by atoms with van der Waals surface area (Å²) >= 11 is 0. The molecule has 0 spiro atoms. The highest BCUT2D eigenvalue weighted by Gasteiger charge is 2.30. The van der Waals surface area contributed by atoms with E-state index in [1.54, 1.807) is 19.4 Å². The third-order valence-electron chi connectivity index (χ3n) is 5.04. The number of hydrogen-bond donors (Lipinski definition) is 1. The van der Waals surface area contributed by atoms with Crippen molar-refractivity contribution in [3.05, 3.63) is 29.7 Å². The Morgan fingerprint density at radius 3 is 2.92 bits per heavy atom. The molecule has 0 unspecified atom stereocenters. The minimum Gasteiger partial charge on any atom is -0.481 e. The van der Waals surface area contributed by atoms with Crippen molar-refractivity contribution < 1.29 is 9.84 Å². The van der Waals surface area contributed by atoms with Crippen LogP contribution in [0.5, 0.6) is 5.88 Å². The van der Waals surface area contributed by atoms with Crippen LogP contribution in [0.2, 0.25) is 0 Å². The van der Waals surface area contributed by atoms with Gasteiger partial charge < -0.3 is 14.7 Å². The SMILES string of the molecule is COc1ccnc(N2CCCn3nc([C@@H](O)C4CCC4)cc3C2)n1. The van der Waals surface area contributed by atoms with E-state index in [1.807, 2.05) is 10.7 Å². The lowest BCUT2D eigenvalue weighted by Crippen LogP contribution is -2.24. The lowest BCUT2D eigenvalue weighted by Gasteiger charge is -2.29. The molecule has 0 aromatic carbocycles. The van der Waals surface area contributed by atoms with Gasteiger partial charge in [-0.05, 0) is 31.2 Å². The number of anilines is 1. The van der Waals surface area contributed by atoms with Crippen LogP contribution in [-0.4, -0.2) is 38.5 Å². The van der Waals surface area contributed by atoms with Gasteiger partial charge in [0.25, 0.3) is 0 Å². The summed E-state index contributed by atoms with van der Waals surface area (Å²) in [6.07, 6.45) is 5.68. The summed E-state index contributed by atoms with van der Waals surface area (Å²) in [5, 5.41) is 15.1. The maximum Gasteiger partial charge on any atom is 0.228 e. The molecule has 0 saturated heterocycles. The van der Waals surface area contributed by atoms with Gasteiger partial charge in [0.1, 0.15) is 6.10 Å². The Hall–Kier alpha value is -2.15. The number of aliphatic hydroxyl groups is 1. The number of methoxy groups -OCH3 is 1. The normalized spacial score (nSPS) is 19.3. The molecule has 0 radical (unpaired) electrons. The Morgan fingerprint density at radius 1 is 1.29 bits per heavy atom. The molecule has 4 rings (SSSR count). The quantitative estimate of drug-likeness (QED) is 0.923. The van der Waals surface area contributed by atoms with Crippen molar-refractivity contribution in [1.29, 1.82) is 0 Å². The van der Waals surface area contributed by atoms with Crippen LogP contribution in [-0.2, 0) is 13.1 Å². The summed E-state index contributed by atoms with van der Waals surface area (Å²) in [7, 11) is 1.61. The molecule has 24 heavy (non-hydrogen) atoms. The molecular weight excluding hydrogens is 306 g/mol. The largest absolute Gasteiger partial charge is 0.481 e. The number of aliphatic hydroxyl groups excluding tert-OH is 1. The van der Waals surface area contributed by atoms with Crippen LogP contribution in [0.4, 0.5) is 5.95 Å². The van der Waals surface area contributed by atoms with Crippen LogP contribution < -0.4 is 9.64 Å². The van der Waals surface area contributed by atoms with E-state index in [4.69, 9.17) is 4.74 Å². The monoisotopic (exact) mass is 329 g/mol. The van der Waals surface area contributed by atoms with Crippen molar-refractivity contribution in [2.75, 3.05) is 18.6 Å². The van der Waals surface area contributed by atoms with E-state index >= 15 is 0 Å². The smallest absolute Gasteiger partial charge is 0.228 e. The third-order valence-corrected chi connectivity index (χ3v) is 5.04. The lowest BCUT2D eigenvalue weighted by molar-refractivity contribution is 0.0581. The van der Waals surface area contributed by atoms with Crippen molar-refractivity contribution in [3.63, 3.8) is 0 Å².